The fourth-order valence-electron chi connectivity index (χ4n) is 0. The van der Waals surface area contributed by atoms with Gasteiger partial charge in [0.05, 0.1) is 0 Å². The van der Waals surface area contributed by atoms with Gasteiger partial charge in [-0.2, -0.15) is 0 Å². The topological polar surface area (TPSA) is 12.0 Å². The zero-order valence-electron chi connectivity index (χ0n) is 3.41. The Kier molecular flexibility index (Phi) is 59.2. The number of hydrogen-bond donors (Lipinski definition) is 1. The molecule has 0 aliphatic carbocycles. The molecule has 0 saturated carbocycles. The van der Waals surface area contributed by atoms with Gasteiger partial charge in [0.1, 0.15) is 0 Å². The third-order valence-corrected chi connectivity index (χ3v) is 0. The summed E-state index contributed by atoms with van der Waals surface area (Å²) in [5.41, 5.74) is 0. The predicted octanol–water partition coefficient (Wildman–Crippen LogP) is 0.0327. The molecule has 4 radical (unpaired) electrons. The molecule has 0 amide bonds. The van der Waals surface area contributed by atoms with Gasteiger partial charge in [0.2, 0.25) is 0 Å². The van der Waals surface area contributed by atoms with Gasteiger partial charge in [-0.05, 0) is 14.1 Å². The molecule has 0 aliphatic rings. The maximum Gasteiger partial charge on any atom is 0 e. The predicted molar refractivity (Wildman–Crippen MR) is 31.1 cm³/mol. The molecule has 0 atom stereocenters. The van der Waals surface area contributed by atoms with Gasteiger partial charge in [-0.3, -0.25) is 0 Å². The van der Waals surface area contributed by atoms with E-state index in [-0.39, 0.29) is 44.3 Å². The fourth-order valence-corrected chi connectivity index (χ4v) is 0. The van der Waals surface area contributed by atoms with E-state index in [0.29, 0.717) is 0 Å². The molecule has 0 rings (SSSR count). The molecule has 0 fully saturated rings. The van der Waals surface area contributed by atoms with Crippen molar-refractivity contribution in [3.63, 3.8) is 0 Å². The minimum atomic E-state index is 0. The third kappa shape index (κ3) is 32.7. The zero-order valence-corrected chi connectivity index (χ0v) is 9.01. The van der Waals surface area contributed by atoms with Crippen molar-refractivity contribution in [3.05, 3.63) is 0 Å². The maximum absolute atomic E-state index is 2.75. The van der Waals surface area contributed by atoms with Gasteiger partial charge >= 0.3 is 0 Å². The second kappa shape index (κ2) is 18.3. The van der Waals surface area contributed by atoms with E-state index < -0.39 is 0 Å². The quantitative estimate of drug-likeness (QED) is 0.617. The van der Waals surface area contributed by atoms with Gasteiger partial charge in [-0.1, -0.05) is 0 Å². The summed E-state index contributed by atoms with van der Waals surface area (Å²) in [5, 5.41) is 2.75. The SMILES string of the molecule is Br.CNC.[Pb]. The van der Waals surface area contributed by atoms with Crippen LogP contribution in [0, 0.1) is 0 Å². The Morgan fingerprint density at radius 2 is 1.20 bits per heavy atom. The standard InChI is InChI=1S/C2H7N.BrH.Pb/c1-3-2;;/h3H,1-2H3;1H;. The number of rotatable bonds is 0. The van der Waals surface area contributed by atoms with Gasteiger partial charge in [0, 0.05) is 27.3 Å². The summed E-state index contributed by atoms with van der Waals surface area (Å²) >= 11 is 0. The summed E-state index contributed by atoms with van der Waals surface area (Å²) in [6.45, 7) is 0. The molecule has 32 valence electrons. The summed E-state index contributed by atoms with van der Waals surface area (Å²) in [5.74, 6) is 0. The molecule has 1 nitrogen and oxygen atoms in total. The monoisotopic (exact) mass is 333 g/mol. The van der Waals surface area contributed by atoms with Crippen LogP contribution in [-0.2, 0) is 0 Å². The van der Waals surface area contributed by atoms with Crippen molar-refractivity contribution in [2.45, 2.75) is 0 Å². The van der Waals surface area contributed by atoms with Crippen LogP contribution in [-0.4, -0.2) is 41.4 Å². The molecular formula is C2H8BrNPb. The van der Waals surface area contributed by atoms with Gasteiger partial charge < -0.3 is 5.32 Å². The van der Waals surface area contributed by atoms with E-state index in [9.17, 15) is 0 Å². The first-order chi connectivity index (χ1) is 1.41. The van der Waals surface area contributed by atoms with E-state index in [4.69, 9.17) is 0 Å². The first kappa shape index (κ1) is 16.2. The van der Waals surface area contributed by atoms with Crippen LogP contribution in [0.25, 0.3) is 0 Å². The summed E-state index contributed by atoms with van der Waals surface area (Å²) < 4.78 is 0. The zero-order chi connectivity index (χ0) is 2.71. The average Bonchev–Trinajstić information content (AvgIpc) is 0.918. The molecule has 5 heavy (non-hydrogen) atoms. The molecule has 0 unspecified atom stereocenters. The molecule has 0 spiro atoms. The normalized spacial score (nSPS) is 3.60. The second-order valence-electron chi connectivity index (χ2n) is 0.500. The molecular weight excluding hydrogens is 325 g/mol. The molecule has 0 aromatic heterocycles. The van der Waals surface area contributed by atoms with Crippen LogP contribution in [0.15, 0.2) is 0 Å². The first-order valence-electron chi connectivity index (χ1n) is 1.00. The Morgan fingerprint density at radius 1 is 1.20 bits per heavy atom. The average molecular weight is 333 g/mol. The molecule has 3 heteroatoms. The van der Waals surface area contributed by atoms with Crippen molar-refractivity contribution in [3.8, 4) is 0 Å². The Bertz CT molecular complexity index is 9.61. The molecule has 0 aromatic rings. The van der Waals surface area contributed by atoms with Crippen LogP contribution in [0.4, 0.5) is 0 Å². The Labute approximate surface area is 63.4 Å². The van der Waals surface area contributed by atoms with Crippen LogP contribution >= 0.6 is 17.0 Å². The van der Waals surface area contributed by atoms with E-state index >= 15 is 0 Å². The van der Waals surface area contributed by atoms with E-state index in [1.165, 1.54) is 0 Å². The third-order valence-electron chi connectivity index (χ3n) is 0. The maximum atomic E-state index is 2.75. The van der Waals surface area contributed by atoms with Crippen molar-refractivity contribution in [2.24, 2.45) is 0 Å². The summed E-state index contributed by atoms with van der Waals surface area (Å²) in [7, 11) is 3.75. The molecule has 0 heterocycles. The van der Waals surface area contributed by atoms with Crippen molar-refractivity contribution in [1.29, 1.82) is 0 Å². The summed E-state index contributed by atoms with van der Waals surface area (Å²) in [6, 6.07) is 0. The Balaban J connectivity index is -0.0000000200. The number of halogens is 1. The molecule has 0 aromatic carbocycles. The Morgan fingerprint density at radius 3 is 1.20 bits per heavy atom. The first-order valence-corrected chi connectivity index (χ1v) is 1.00. The smallest absolute Gasteiger partial charge is 0 e. The van der Waals surface area contributed by atoms with Crippen LogP contribution in [0.1, 0.15) is 0 Å². The summed E-state index contributed by atoms with van der Waals surface area (Å²) in [6.07, 6.45) is 0. The molecule has 0 bridgehead atoms. The van der Waals surface area contributed by atoms with Crippen LogP contribution in [0.2, 0.25) is 0 Å². The largest absolute Gasteiger partial charge is 0.323 e. The van der Waals surface area contributed by atoms with Crippen molar-refractivity contribution < 1.29 is 0 Å². The molecule has 1 N–H and O–H groups in total. The van der Waals surface area contributed by atoms with Gasteiger partial charge in [-0.25, -0.2) is 0 Å². The van der Waals surface area contributed by atoms with Crippen molar-refractivity contribution >= 4 is 44.3 Å². The second-order valence-corrected chi connectivity index (χ2v) is 0.500. The minimum Gasteiger partial charge on any atom is -0.323 e. The van der Waals surface area contributed by atoms with E-state index in [2.05, 4.69) is 5.32 Å². The Hall–Kier alpha value is 1.36. The van der Waals surface area contributed by atoms with E-state index in [1.807, 2.05) is 14.1 Å². The van der Waals surface area contributed by atoms with E-state index in [0.717, 1.165) is 0 Å². The summed E-state index contributed by atoms with van der Waals surface area (Å²) in [4.78, 5) is 0. The van der Waals surface area contributed by atoms with Gasteiger partial charge in [0.25, 0.3) is 0 Å². The van der Waals surface area contributed by atoms with Crippen LogP contribution in [0.5, 0.6) is 0 Å². The van der Waals surface area contributed by atoms with E-state index in [1.54, 1.807) is 0 Å². The van der Waals surface area contributed by atoms with Gasteiger partial charge in [0.15, 0.2) is 0 Å². The van der Waals surface area contributed by atoms with Crippen molar-refractivity contribution in [1.82, 2.24) is 5.32 Å². The molecule has 0 saturated heterocycles. The van der Waals surface area contributed by atoms with Crippen molar-refractivity contribution in [2.75, 3.05) is 14.1 Å². The number of nitrogens with one attached hydrogen (secondary N) is 1. The minimum absolute atomic E-state index is 0. The molecule has 0 aliphatic heterocycles. The fraction of sp³-hybridized carbons (Fsp3) is 1.00. The number of hydrogen-bond acceptors (Lipinski definition) is 1. The van der Waals surface area contributed by atoms with Gasteiger partial charge in [-0.15, -0.1) is 17.0 Å². The van der Waals surface area contributed by atoms with Crippen LogP contribution < -0.4 is 5.32 Å². The van der Waals surface area contributed by atoms with Crippen LogP contribution in [0.3, 0.4) is 0 Å².